The number of carboxylic acids is 1. The number of benzene rings is 1. The van der Waals surface area contributed by atoms with E-state index in [4.69, 9.17) is 15.3 Å². The Morgan fingerprint density at radius 1 is 1.39 bits per heavy atom. The molecule has 1 aromatic carbocycles. The Labute approximate surface area is 104 Å². The van der Waals surface area contributed by atoms with E-state index in [0.717, 1.165) is 5.76 Å². The molecule has 0 saturated carbocycles. The van der Waals surface area contributed by atoms with Gasteiger partial charge in [-0.3, -0.25) is 0 Å². The van der Waals surface area contributed by atoms with Crippen LogP contribution in [0.4, 0.5) is 11.4 Å². The number of nitrogens with one attached hydrogen (secondary N) is 1. The topological polar surface area (TPSA) is 88.5 Å². The number of hydrogen-bond donors (Lipinski definition) is 3. The van der Waals surface area contributed by atoms with Gasteiger partial charge in [0.2, 0.25) is 0 Å². The molecule has 4 N–H and O–H groups in total. The maximum Gasteiger partial charge on any atom is 0.337 e. The average molecular weight is 246 g/mol. The fraction of sp³-hybridized carbons (Fsp3) is 0.154. The molecule has 94 valence electrons. The molecule has 0 unspecified atom stereocenters. The van der Waals surface area contributed by atoms with Crippen molar-refractivity contribution in [2.75, 3.05) is 17.6 Å². The van der Waals surface area contributed by atoms with Crippen molar-refractivity contribution in [1.82, 2.24) is 0 Å². The van der Waals surface area contributed by atoms with Gasteiger partial charge in [-0.1, -0.05) is 0 Å². The van der Waals surface area contributed by atoms with E-state index in [1.807, 2.05) is 12.1 Å². The number of hydrogen-bond acceptors (Lipinski definition) is 4. The van der Waals surface area contributed by atoms with E-state index in [1.165, 1.54) is 6.07 Å². The Hall–Kier alpha value is -2.43. The van der Waals surface area contributed by atoms with Crippen molar-refractivity contribution >= 4 is 17.3 Å². The summed E-state index contributed by atoms with van der Waals surface area (Å²) in [4.78, 5) is 11.1. The third-order valence-corrected chi connectivity index (χ3v) is 2.54. The first-order chi connectivity index (χ1) is 8.66. The Kier molecular flexibility index (Phi) is 3.52. The highest BCUT2D eigenvalue weighted by Gasteiger charge is 2.10. The van der Waals surface area contributed by atoms with Crippen molar-refractivity contribution in [1.29, 1.82) is 0 Å². The summed E-state index contributed by atoms with van der Waals surface area (Å²) in [5.74, 6) is -0.141. The lowest BCUT2D eigenvalue weighted by Gasteiger charge is -2.09. The molecule has 18 heavy (non-hydrogen) atoms. The Morgan fingerprint density at radius 3 is 2.89 bits per heavy atom. The third kappa shape index (κ3) is 2.82. The molecule has 5 nitrogen and oxygen atoms in total. The second-order valence-corrected chi connectivity index (χ2v) is 3.87. The molecule has 5 heteroatoms. The molecule has 0 aliphatic heterocycles. The number of carboxylic acid groups (broad SMARTS) is 1. The van der Waals surface area contributed by atoms with Gasteiger partial charge in [-0.2, -0.15) is 0 Å². The van der Waals surface area contributed by atoms with Crippen LogP contribution in [0.25, 0.3) is 0 Å². The minimum atomic E-state index is -0.997. The molecule has 0 amide bonds. The summed E-state index contributed by atoms with van der Waals surface area (Å²) in [5.41, 5.74) is 6.73. The van der Waals surface area contributed by atoms with Crippen molar-refractivity contribution in [2.45, 2.75) is 6.42 Å². The summed E-state index contributed by atoms with van der Waals surface area (Å²) in [6.45, 7) is 0.595. The Balaban J connectivity index is 2.02. The van der Waals surface area contributed by atoms with Crippen molar-refractivity contribution in [3.8, 4) is 0 Å². The largest absolute Gasteiger partial charge is 0.478 e. The number of rotatable bonds is 5. The molecule has 1 heterocycles. The fourth-order valence-corrected chi connectivity index (χ4v) is 1.67. The van der Waals surface area contributed by atoms with Crippen molar-refractivity contribution < 1.29 is 14.3 Å². The fourth-order valence-electron chi connectivity index (χ4n) is 1.67. The maximum atomic E-state index is 11.1. The van der Waals surface area contributed by atoms with Crippen molar-refractivity contribution in [2.24, 2.45) is 0 Å². The van der Waals surface area contributed by atoms with Crippen LogP contribution in [0.2, 0.25) is 0 Å². The van der Waals surface area contributed by atoms with Crippen LogP contribution >= 0.6 is 0 Å². The number of anilines is 2. The molecular weight excluding hydrogens is 232 g/mol. The van der Waals surface area contributed by atoms with Gasteiger partial charge in [0.15, 0.2) is 0 Å². The highest BCUT2D eigenvalue weighted by molar-refractivity contribution is 5.95. The van der Waals surface area contributed by atoms with E-state index < -0.39 is 5.97 Å². The summed E-state index contributed by atoms with van der Waals surface area (Å²) < 4.78 is 5.19. The maximum absolute atomic E-state index is 11.1. The van der Waals surface area contributed by atoms with E-state index >= 15 is 0 Å². The van der Waals surface area contributed by atoms with E-state index in [9.17, 15) is 4.79 Å². The number of aromatic carboxylic acids is 1. The molecule has 0 aliphatic carbocycles. The summed E-state index contributed by atoms with van der Waals surface area (Å²) in [7, 11) is 0. The lowest BCUT2D eigenvalue weighted by atomic mass is 10.1. The first-order valence-electron chi connectivity index (χ1n) is 5.56. The predicted octanol–water partition coefficient (Wildman–Crippen LogP) is 2.21. The zero-order valence-electron chi connectivity index (χ0n) is 9.72. The van der Waals surface area contributed by atoms with Gasteiger partial charge in [0.1, 0.15) is 5.76 Å². The van der Waals surface area contributed by atoms with Gasteiger partial charge in [0.05, 0.1) is 11.8 Å². The zero-order chi connectivity index (χ0) is 13.0. The SMILES string of the molecule is Nc1ccc(NCCc2ccco2)c(C(=O)O)c1. The minimum absolute atomic E-state index is 0.175. The molecule has 2 rings (SSSR count). The van der Waals surface area contributed by atoms with Gasteiger partial charge < -0.3 is 20.6 Å². The highest BCUT2D eigenvalue weighted by Crippen LogP contribution is 2.19. The van der Waals surface area contributed by atoms with Gasteiger partial charge in [0.25, 0.3) is 0 Å². The molecule has 1 aromatic heterocycles. The van der Waals surface area contributed by atoms with E-state index in [2.05, 4.69) is 5.32 Å². The highest BCUT2D eigenvalue weighted by atomic mass is 16.4. The summed E-state index contributed by atoms with van der Waals surface area (Å²) >= 11 is 0. The molecular formula is C13H14N2O3. The predicted molar refractivity (Wildman–Crippen MR) is 68.7 cm³/mol. The van der Waals surface area contributed by atoms with Crippen LogP contribution in [0.3, 0.4) is 0 Å². The molecule has 0 saturated heterocycles. The molecule has 0 radical (unpaired) electrons. The van der Waals surface area contributed by atoms with E-state index in [-0.39, 0.29) is 5.56 Å². The normalized spacial score (nSPS) is 10.2. The third-order valence-electron chi connectivity index (χ3n) is 2.54. The van der Waals surface area contributed by atoms with Crippen molar-refractivity contribution in [3.63, 3.8) is 0 Å². The lowest BCUT2D eigenvalue weighted by molar-refractivity contribution is 0.0698. The smallest absolute Gasteiger partial charge is 0.337 e. The van der Waals surface area contributed by atoms with Crippen LogP contribution in [0.15, 0.2) is 41.0 Å². The van der Waals surface area contributed by atoms with Crippen LogP contribution < -0.4 is 11.1 Å². The van der Waals surface area contributed by atoms with E-state index in [1.54, 1.807) is 18.4 Å². The van der Waals surface area contributed by atoms with Crippen LogP contribution in [-0.2, 0) is 6.42 Å². The molecule has 0 aliphatic rings. The average Bonchev–Trinajstić information content (AvgIpc) is 2.84. The molecule has 0 fully saturated rings. The molecule has 0 bridgehead atoms. The van der Waals surface area contributed by atoms with E-state index in [0.29, 0.717) is 24.3 Å². The van der Waals surface area contributed by atoms with Crippen LogP contribution in [-0.4, -0.2) is 17.6 Å². The van der Waals surface area contributed by atoms with Gasteiger partial charge in [-0.25, -0.2) is 4.79 Å². The van der Waals surface area contributed by atoms with Crippen molar-refractivity contribution in [3.05, 3.63) is 47.9 Å². The monoisotopic (exact) mass is 246 g/mol. The van der Waals surface area contributed by atoms with Crippen LogP contribution in [0.5, 0.6) is 0 Å². The molecule has 0 spiro atoms. The van der Waals surface area contributed by atoms with Gasteiger partial charge in [0, 0.05) is 24.3 Å². The lowest BCUT2D eigenvalue weighted by Crippen LogP contribution is -2.09. The van der Waals surface area contributed by atoms with Crippen LogP contribution in [0.1, 0.15) is 16.1 Å². The molecule has 2 aromatic rings. The van der Waals surface area contributed by atoms with Gasteiger partial charge in [-0.05, 0) is 30.3 Å². The Morgan fingerprint density at radius 2 is 2.22 bits per heavy atom. The van der Waals surface area contributed by atoms with Gasteiger partial charge >= 0.3 is 5.97 Å². The number of nitrogen functional groups attached to an aromatic ring is 1. The second kappa shape index (κ2) is 5.27. The van der Waals surface area contributed by atoms with Gasteiger partial charge in [-0.15, -0.1) is 0 Å². The Bertz CT molecular complexity index is 535. The number of carbonyl (C=O) groups is 1. The zero-order valence-corrected chi connectivity index (χ0v) is 9.72. The quantitative estimate of drug-likeness (QED) is 0.704. The summed E-state index contributed by atoms with van der Waals surface area (Å²) in [6, 6.07) is 8.48. The van der Waals surface area contributed by atoms with Crippen LogP contribution in [0, 0.1) is 0 Å². The first kappa shape index (κ1) is 12.0. The first-order valence-corrected chi connectivity index (χ1v) is 5.56. The summed E-state index contributed by atoms with van der Waals surface area (Å²) in [6.07, 6.45) is 2.30. The minimum Gasteiger partial charge on any atom is -0.478 e. The summed E-state index contributed by atoms with van der Waals surface area (Å²) in [5, 5.41) is 12.1. The number of nitrogens with two attached hydrogens (primary N) is 1. The number of furan rings is 1. The molecule has 0 atom stereocenters. The standard InChI is InChI=1S/C13H14N2O3/c14-9-3-4-12(11(8-9)13(16)17)15-6-5-10-2-1-7-18-10/h1-4,7-8,15H,5-6,14H2,(H,16,17). The second-order valence-electron chi connectivity index (χ2n) is 3.87.